The first-order chi connectivity index (χ1) is 25.8. The number of aromatic amines is 3. The van der Waals surface area contributed by atoms with Gasteiger partial charge in [0, 0.05) is 74.1 Å². The number of nitrogens with one attached hydrogen (secondary N) is 4. The first-order valence-corrected chi connectivity index (χ1v) is 19.8. The number of ether oxygens (including phenoxy) is 2. The van der Waals surface area contributed by atoms with Gasteiger partial charge in [0.1, 0.15) is 5.92 Å². The van der Waals surface area contributed by atoms with Crippen LogP contribution >= 0.6 is 0 Å². The standard InChI is InChI=1S/C45H58N4O5/c1-11-29-25(6)32-20-34-27(8)31(16-17-38(50)54-19-18-24(5)15-13-14-23(3)4)42(48-34)40-41(45(52)53-10)44(51)39-28(9)35(49-43(39)40)22-37-30(12-2)26(7)33(47-37)21-36(29)46-32/h11,20-24,27,31,41,46-49H,1,12-19H2,2-10H3/b33-21-,34-20-,37-22-,42-40-/t24?,27-,31-,41+/m0/s1. The Morgan fingerprint density at radius 1 is 0.926 bits per heavy atom. The van der Waals surface area contributed by atoms with Gasteiger partial charge < -0.3 is 29.7 Å². The number of aromatic nitrogens is 3. The topological polar surface area (TPSA) is 129 Å². The molecular formula is C45H58N4O5. The summed E-state index contributed by atoms with van der Waals surface area (Å²) in [4.78, 5) is 51.9. The molecule has 0 saturated carbocycles. The van der Waals surface area contributed by atoms with E-state index < -0.39 is 11.9 Å². The van der Waals surface area contributed by atoms with Crippen molar-refractivity contribution in [3.05, 3.63) is 84.8 Å². The van der Waals surface area contributed by atoms with Crippen molar-refractivity contribution in [3.8, 4) is 0 Å². The monoisotopic (exact) mass is 734 g/mol. The van der Waals surface area contributed by atoms with E-state index in [1.165, 1.54) is 25.5 Å². The molecule has 3 aromatic rings. The summed E-state index contributed by atoms with van der Waals surface area (Å²) in [5, 5.41) is 5.65. The number of methoxy groups -OCH3 is 1. The van der Waals surface area contributed by atoms with Gasteiger partial charge >= 0.3 is 11.9 Å². The van der Waals surface area contributed by atoms with Crippen LogP contribution in [0.3, 0.4) is 0 Å². The van der Waals surface area contributed by atoms with Gasteiger partial charge in [-0.05, 0) is 92.4 Å². The highest BCUT2D eigenvalue weighted by Crippen LogP contribution is 2.48. The number of allylic oxidation sites excluding steroid dienone is 2. The molecule has 6 rings (SSSR count). The number of Topliss-reactive ketones (excluding diaryl/α,β-unsaturated/α-hetero) is 1. The summed E-state index contributed by atoms with van der Waals surface area (Å²) in [5.41, 5.74) is 11.3. The van der Waals surface area contributed by atoms with E-state index in [2.05, 4.69) is 93.5 Å². The fraction of sp³-hybridized carbons (Fsp3) is 0.489. The zero-order valence-corrected chi connectivity index (χ0v) is 33.6. The number of carbonyl (C=O) groups excluding carboxylic acids is 3. The molecule has 9 heteroatoms. The number of carbonyl (C=O) groups is 3. The normalized spacial score (nSPS) is 22.9. The van der Waals surface area contributed by atoms with Crippen molar-refractivity contribution in [3.63, 3.8) is 0 Å². The van der Waals surface area contributed by atoms with Crippen molar-refractivity contribution in [1.82, 2.24) is 20.3 Å². The van der Waals surface area contributed by atoms with E-state index in [-0.39, 0.29) is 30.0 Å². The Morgan fingerprint density at radius 2 is 1.65 bits per heavy atom. The van der Waals surface area contributed by atoms with Crippen molar-refractivity contribution in [2.45, 2.75) is 100 Å². The van der Waals surface area contributed by atoms with Crippen LogP contribution in [0.1, 0.15) is 134 Å². The van der Waals surface area contributed by atoms with Crippen LogP contribution in [-0.4, -0.2) is 46.4 Å². The Balaban J connectivity index is 1.45. The maximum absolute atomic E-state index is 14.3. The molecule has 54 heavy (non-hydrogen) atoms. The molecule has 9 nitrogen and oxygen atoms in total. The van der Waals surface area contributed by atoms with E-state index >= 15 is 0 Å². The molecule has 8 bridgehead atoms. The third kappa shape index (κ3) is 7.21. The number of rotatable bonds is 13. The van der Waals surface area contributed by atoms with Crippen molar-refractivity contribution in [2.24, 2.45) is 29.6 Å². The Hall–Kier alpha value is -4.79. The molecule has 0 spiro atoms. The van der Waals surface area contributed by atoms with Crippen LogP contribution in [0.5, 0.6) is 0 Å². The highest BCUT2D eigenvalue weighted by atomic mass is 16.5. The molecule has 0 amide bonds. The van der Waals surface area contributed by atoms with Crippen LogP contribution in [-0.2, 0) is 25.5 Å². The van der Waals surface area contributed by atoms with Gasteiger partial charge in [-0.1, -0.05) is 66.5 Å². The minimum atomic E-state index is -1.13. The lowest BCUT2D eigenvalue weighted by atomic mass is 9.85. The summed E-state index contributed by atoms with van der Waals surface area (Å²) in [6.07, 6.45) is 14.1. The maximum Gasteiger partial charge on any atom is 0.321 e. The first-order valence-electron chi connectivity index (χ1n) is 19.8. The van der Waals surface area contributed by atoms with Gasteiger partial charge in [-0.25, -0.2) is 0 Å². The van der Waals surface area contributed by atoms with E-state index in [9.17, 15) is 14.4 Å². The van der Waals surface area contributed by atoms with Crippen LogP contribution in [0.15, 0.2) is 18.0 Å². The van der Waals surface area contributed by atoms with Gasteiger partial charge in [0.15, 0.2) is 5.78 Å². The van der Waals surface area contributed by atoms with Gasteiger partial charge in [0.25, 0.3) is 0 Å². The molecule has 4 atom stereocenters. The summed E-state index contributed by atoms with van der Waals surface area (Å²) in [6, 6.07) is 0. The number of hydrogen-bond acceptors (Lipinski definition) is 6. The number of hydrogen-bond donors (Lipinski definition) is 4. The zero-order chi connectivity index (χ0) is 39.0. The molecule has 0 radical (unpaired) electrons. The van der Waals surface area contributed by atoms with E-state index in [0.29, 0.717) is 41.7 Å². The molecule has 4 N–H and O–H groups in total. The minimum Gasteiger partial charge on any atom is -0.468 e. The molecule has 1 unspecified atom stereocenters. The number of ketones is 1. The molecule has 1 aliphatic carbocycles. The lowest BCUT2D eigenvalue weighted by Crippen LogP contribution is -2.25. The van der Waals surface area contributed by atoms with E-state index in [0.717, 1.165) is 80.7 Å². The summed E-state index contributed by atoms with van der Waals surface area (Å²) >= 11 is 0. The van der Waals surface area contributed by atoms with Gasteiger partial charge in [0.05, 0.1) is 19.4 Å². The minimum absolute atomic E-state index is 0.0706. The Morgan fingerprint density at radius 3 is 2.33 bits per heavy atom. The molecule has 1 saturated heterocycles. The Labute approximate surface area is 319 Å². The zero-order valence-electron chi connectivity index (χ0n) is 33.6. The second-order valence-electron chi connectivity index (χ2n) is 16.1. The molecule has 288 valence electrons. The third-order valence-corrected chi connectivity index (χ3v) is 12.1. The first kappa shape index (κ1) is 38.9. The SMILES string of the molecule is C=Cc1c2[nH]c(c1C)/C=C1\N/C(=C3\c4[nH]c(c(C)c4C(=O)[C@@H]3C(=O)OC)/C=c3\[nH]/c(c(C)c3CC)=C\2)[C@@H](CCC(=O)OCCC(C)CCCC(C)C)[C@@H]1C. The summed E-state index contributed by atoms with van der Waals surface area (Å²) < 4.78 is 11.0. The summed E-state index contributed by atoms with van der Waals surface area (Å²) in [7, 11) is 1.32. The molecule has 3 aromatic heterocycles. The highest BCUT2D eigenvalue weighted by Gasteiger charge is 2.48. The van der Waals surface area contributed by atoms with Crippen molar-refractivity contribution in [1.29, 1.82) is 0 Å². The molecular weight excluding hydrogens is 677 g/mol. The van der Waals surface area contributed by atoms with Crippen LogP contribution in [0.2, 0.25) is 0 Å². The molecule has 5 heterocycles. The van der Waals surface area contributed by atoms with Crippen molar-refractivity contribution < 1.29 is 23.9 Å². The average Bonchev–Trinajstić information content (AvgIpc) is 3.87. The number of esters is 2. The maximum atomic E-state index is 14.3. The highest BCUT2D eigenvalue weighted by molar-refractivity contribution is 6.24. The average molecular weight is 735 g/mol. The van der Waals surface area contributed by atoms with Gasteiger partial charge in [-0.2, -0.15) is 0 Å². The van der Waals surface area contributed by atoms with Crippen LogP contribution in [0.25, 0.3) is 29.9 Å². The van der Waals surface area contributed by atoms with Gasteiger partial charge in [-0.15, -0.1) is 0 Å². The molecule has 1 fully saturated rings. The lowest BCUT2D eigenvalue weighted by molar-refractivity contribution is -0.144. The molecule has 2 aliphatic heterocycles. The predicted molar refractivity (Wildman–Crippen MR) is 216 cm³/mol. The summed E-state index contributed by atoms with van der Waals surface area (Å²) in [6.45, 7) is 21.7. The number of H-pyrrole nitrogens is 3. The Kier molecular flexibility index (Phi) is 11.5. The fourth-order valence-corrected chi connectivity index (χ4v) is 8.74. The third-order valence-electron chi connectivity index (χ3n) is 12.1. The predicted octanol–water partition coefficient (Wildman–Crippen LogP) is 7.54. The second-order valence-corrected chi connectivity index (χ2v) is 16.1. The molecule has 0 aromatic carbocycles. The van der Waals surface area contributed by atoms with Crippen molar-refractivity contribution >= 4 is 47.6 Å². The lowest BCUT2D eigenvalue weighted by Gasteiger charge is -2.20. The van der Waals surface area contributed by atoms with E-state index in [1.807, 2.05) is 13.0 Å². The van der Waals surface area contributed by atoms with Crippen LogP contribution < -0.4 is 16.0 Å². The van der Waals surface area contributed by atoms with Crippen molar-refractivity contribution in [2.75, 3.05) is 13.7 Å². The van der Waals surface area contributed by atoms with E-state index in [4.69, 9.17) is 9.47 Å². The second kappa shape index (κ2) is 15.9. The molecule has 3 aliphatic rings. The van der Waals surface area contributed by atoms with E-state index in [1.54, 1.807) is 0 Å². The van der Waals surface area contributed by atoms with Crippen LogP contribution in [0.4, 0.5) is 0 Å². The van der Waals surface area contributed by atoms with Crippen LogP contribution in [0, 0.1) is 50.4 Å². The quantitative estimate of drug-likeness (QED) is 0.106. The number of fused-ring (bicyclic) bond motifs is 7. The largest absolute Gasteiger partial charge is 0.468 e. The smallest absolute Gasteiger partial charge is 0.321 e. The fourth-order valence-electron chi connectivity index (χ4n) is 8.74. The Bertz CT molecular complexity index is 2170. The van der Waals surface area contributed by atoms with Gasteiger partial charge in [0.2, 0.25) is 0 Å². The van der Waals surface area contributed by atoms with Gasteiger partial charge in [-0.3, -0.25) is 14.4 Å². The summed E-state index contributed by atoms with van der Waals surface area (Å²) in [5.74, 6) is -1.34.